The number of fused-ring (bicyclic) bond motifs is 6. The zero-order valence-corrected chi connectivity index (χ0v) is 31.3. The average Bonchev–Trinajstić information content (AvgIpc) is 3.84. The summed E-state index contributed by atoms with van der Waals surface area (Å²) in [4.78, 5) is 14.3. The van der Waals surface area contributed by atoms with Crippen LogP contribution in [0.5, 0.6) is 0 Å². The smallest absolute Gasteiger partial charge is 0.160 e. The second-order valence-corrected chi connectivity index (χ2v) is 14.5. The first kappa shape index (κ1) is 34.5. The first-order valence-corrected chi connectivity index (χ1v) is 19.1. The molecule has 3 aromatic heterocycles. The van der Waals surface area contributed by atoms with Crippen LogP contribution in [0.4, 0.5) is 0 Å². The lowest BCUT2D eigenvalue weighted by Gasteiger charge is -2.09. The Kier molecular flexibility index (Phi) is 9.19. The molecule has 0 saturated carbocycles. The second-order valence-electron chi connectivity index (χ2n) is 13.4. The quantitative estimate of drug-likeness (QED) is 0.135. The topological polar surface area (TPSA) is 101 Å². The van der Waals surface area contributed by atoms with Crippen LogP contribution in [0.2, 0.25) is 0 Å². The van der Waals surface area contributed by atoms with Crippen LogP contribution < -0.4 is 5.73 Å². The molecular weight excluding hydrogens is 707 g/mol. The lowest BCUT2D eigenvalue weighted by atomic mass is 9.96. The normalized spacial score (nSPS) is 11.6. The van der Waals surface area contributed by atoms with E-state index in [1.807, 2.05) is 84.9 Å². The molecule has 268 valence electrons. The van der Waals surface area contributed by atoms with E-state index in [2.05, 4.69) is 103 Å². The summed E-state index contributed by atoms with van der Waals surface area (Å²) in [6.45, 7) is 2.15. The van der Waals surface area contributed by atoms with E-state index in [1.165, 1.54) is 32.0 Å². The Morgan fingerprint density at radius 1 is 0.589 bits per heavy atom. The Bertz CT molecular complexity index is 3040. The van der Waals surface area contributed by atoms with Crippen molar-refractivity contribution in [2.45, 2.75) is 6.92 Å². The number of aliphatic imine (C=N–C) groups is 1. The van der Waals surface area contributed by atoms with Gasteiger partial charge in [0.25, 0.3) is 0 Å². The summed E-state index contributed by atoms with van der Waals surface area (Å²) in [6, 6.07) is 58.8. The van der Waals surface area contributed by atoms with Crippen molar-refractivity contribution in [3.63, 3.8) is 0 Å². The summed E-state index contributed by atoms with van der Waals surface area (Å²) in [5, 5.41) is 11.4. The van der Waals surface area contributed by atoms with E-state index in [0.717, 1.165) is 60.7 Å². The fraction of sp³-hybridized carbons (Fsp3) is 0.0204. The fourth-order valence-electron chi connectivity index (χ4n) is 7.04. The Balaban J connectivity index is 0.000000203. The third-order valence-corrected chi connectivity index (χ3v) is 11.0. The van der Waals surface area contributed by atoms with E-state index < -0.39 is 0 Å². The van der Waals surface area contributed by atoms with Gasteiger partial charge in [-0.3, -0.25) is 5.41 Å². The van der Waals surface area contributed by atoms with Crippen molar-refractivity contribution in [1.29, 1.82) is 5.41 Å². The van der Waals surface area contributed by atoms with Crippen molar-refractivity contribution in [1.82, 2.24) is 9.97 Å². The third-order valence-electron chi connectivity index (χ3n) is 9.80. The van der Waals surface area contributed by atoms with Crippen molar-refractivity contribution < 1.29 is 4.42 Å². The molecule has 56 heavy (non-hydrogen) atoms. The molecule has 10 aromatic rings. The Morgan fingerprint density at radius 2 is 1.20 bits per heavy atom. The van der Waals surface area contributed by atoms with Crippen LogP contribution in [-0.4, -0.2) is 21.6 Å². The van der Waals surface area contributed by atoms with Crippen LogP contribution in [-0.2, 0) is 0 Å². The molecule has 0 fully saturated rings. The molecule has 3 N–H and O–H groups in total. The summed E-state index contributed by atoms with van der Waals surface area (Å²) >= 11 is 1.76. The van der Waals surface area contributed by atoms with Crippen molar-refractivity contribution in [3.05, 3.63) is 193 Å². The Hall–Kier alpha value is -7.22. The standard InChI is InChI=1S/C35H22N2OS.C14H13N3/c1-21-9-7-14-27-30(21)31-25(13-8-15-28(31)38-27)22-17-19-23(20-18-22)32-34-33(26-12-5-6-16-29(26)39-34)37-35(36-32)24-10-3-2-4-11-24;15-13(11-7-3-1-4-8-11)17-14(16)12-9-5-2-6-10-12/h2-20H,1H3;1-10H,(H3,15,16,17). The largest absolute Gasteiger partial charge is 0.456 e. The van der Waals surface area contributed by atoms with Gasteiger partial charge in [0.15, 0.2) is 11.7 Å². The molecule has 0 aliphatic rings. The molecular formula is C49H35N5OS. The van der Waals surface area contributed by atoms with E-state index in [4.69, 9.17) is 25.5 Å². The van der Waals surface area contributed by atoms with Gasteiger partial charge >= 0.3 is 0 Å². The molecule has 0 unspecified atom stereocenters. The number of amidine groups is 2. The maximum Gasteiger partial charge on any atom is 0.160 e. The fourth-order valence-corrected chi connectivity index (χ4v) is 8.20. The van der Waals surface area contributed by atoms with E-state index in [1.54, 1.807) is 11.3 Å². The number of hydrogen-bond acceptors (Lipinski definition) is 5. The van der Waals surface area contributed by atoms with E-state index in [-0.39, 0.29) is 5.84 Å². The van der Waals surface area contributed by atoms with Gasteiger partial charge in [0, 0.05) is 43.1 Å². The minimum atomic E-state index is 0.173. The number of nitrogens with two attached hydrogens (primary N) is 1. The molecule has 0 radical (unpaired) electrons. The minimum absolute atomic E-state index is 0.173. The number of nitrogens with one attached hydrogen (secondary N) is 1. The predicted molar refractivity (Wildman–Crippen MR) is 234 cm³/mol. The average molecular weight is 742 g/mol. The van der Waals surface area contributed by atoms with Gasteiger partial charge in [0.1, 0.15) is 17.0 Å². The molecule has 10 rings (SSSR count). The highest BCUT2D eigenvalue weighted by Gasteiger charge is 2.18. The second kappa shape index (κ2) is 14.9. The summed E-state index contributed by atoms with van der Waals surface area (Å²) in [7, 11) is 0. The predicted octanol–water partition coefficient (Wildman–Crippen LogP) is 12.5. The molecule has 3 heterocycles. The van der Waals surface area contributed by atoms with Crippen LogP contribution in [0.25, 0.3) is 76.0 Å². The lowest BCUT2D eigenvalue weighted by Crippen LogP contribution is -2.15. The third kappa shape index (κ3) is 6.61. The van der Waals surface area contributed by atoms with E-state index >= 15 is 0 Å². The number of furan rings is 1. The van der Waals surface area contributed by atoms with Crippen LogP contribution in [0.15, 0.2) is 185 Å². The zero-order valence-electron chi connectivity index (χ0n) is 30.5. The van der Waals surface area contributed by atoms with E-state index in [0.29, 0.717) is 5.84 Å². The number of aromatic nitrogens is 2. The SMILES string of the molecule is Cc1cccc2oc3cccc(-c4ccc(-c5nc(-c6ccccc6)nc6c5sc5ccccc56)cc4)c3c12.N=C(N=C(N)c1ccccc1)c1ccccc1. The number of nitrogens with zero attached hydrogens (tertiary/aromatic N) is 3. The highest BCUT2D eigenvalue weighted by molar-refractivity contribution is 7.26. The molecule has 0 aliphatic carbocycles. The van der Waals surface area contributed by atoms with E-state index in [9.17, 15) is 0 Å². The van der Waals surface area contributed by atoms with Crippen LogP contribution in [0.1, 0.15) is 16.7 Å². The number of rotatable bonds is 5. The molecule has 6 nitrogen and oxygen atoms in total. The molecule has 0 aliphatic heterocycles. The molecule has 0 bridgehead atoms. The minimum Gasteiger partial charge on any atom is -0.456 e. The molecule has 0 atom stereocenters. The van der Waals surface area contributed by atoms with Crippen LogP contribution in [0, 0.1) is 12.3 Å². The molecule has 0 amide bonds. The summed E-state index contributed by atoms with van der Waals surface area (Å²) in [5.74, 6) is 1.28. The van der Waals surface area contributed by atoms with Gasteiger partial charge in [-0.25, -0.2) is 15.0 Å². The van der Waals surface area contributed by atoms with Gasteiger partial charge in [-0.1, -0.05) is 158 Å². The number of benzene rings is 7. The molecule has 0 saturated heterocycles. The van der Waals surface area contributed by atoms with Gasteiger partial charge in [0.2, 0.25) is 0 Å². The number of thiophene rings is 1. The lowest BCUT2D eigenvalue weighted by molar-refractivity contribution is 0.669. The number of aryl methyl sites for hydroxylation is 1. The van der Waals surface area contributed by atoms with Gasteiger partial charge in [0.05, 0.1) is 15.9 Å². The summed E-state index contributed by atoms with van der Waals surface area (Å²) in [5.41, 5.74) is 16.9. The number of hydrogen-bond donors (Lipinski definition) is 2. The Labute approximate surface area is 327 Å². The first-order valence-electron chi connectivity index (χ1n) is 18.3. The first-order chi connectivity index (χ1) is 27.5. The van der Waals surface area contributed by atoms with Crippen molar-refractivity contribution in [2.24, 2.45) is 10.7 Å². The molecule has 7 heteroatoms. The maximum atomic E-state index is 7.84. The molecule has 7 aromatic carbocycles. The summed E-state index contributed by atoms with van der Waals surface area (Å²) < 4.78 is 8.54. The van der Waals surface area contributed by atoms with Crippen molar-refractivity contribution >= 4 is 65.2 Å². The maximum absolute atomic E-state index is 7.84. The Morgan fingerprint density at radius 3 is 1.93 bits per heavy atom. The molecule has 0 spiro atoms. The van der Waals surface area contributed by atoms with Crippen LogP contribution >= 0.6 is 11.3 Å². The van der Waals surface area contributed by atoms with Crippen LogP contribution in [0.3, 0.4) is 0 Å². The highest BCUT2D eigenvalue weighted by Crippen LogP contribution is 2.41. The van der Waals surface area contributed by atoms with Gasteiger partial charge in [-0.15, -0.1) is 11.3 Å². The van der Waals surface area contributed by atoms with Gasteiger partial charge in [-0.05, 0) is 41.8 Å². The zero-order chi connectivity index (χ0) is 38.0. The van der Waals surface area contributed by atoms with Crippen molar-refractivity contribution in [2.75, 3.05) is 0 Å². The van der Waals surface area contributed by atoms with Gasteiger partial charge in [-0.2, -0.15) is 0 Å². The summed E-state index contributed by atoms with van der Waals surface area (Å²) in [6.07, 6.45) is 0. The van der Waals surface area contributed by atoms with Crippen molar-refractivity contribution in [3.8, 4) is 33.8 Å². The van der Waals surface area contributed by atoms with Gasteiger partial charge < -0.3 is 10.2 Å². The highest BCUT2D eigenvalue weighted by atomic mass is 32.1. The monoisotopic (exact) mass is 741 g/mol.